The molecule has 0 radical (unpaired) electrons. The molecule has 0 saturated carbocycles. The summed E-state index contributed by atoms with van der Waals surface area (Å²) in [6.45, 7) is 0. The molecule has 4 N–H and O–H groups in total. The first-order valence-corrected chi connectivity index (χ1v) is 10.3. The standard InChI is InChI=1S/C22H13Cl2FN4O4/c23-11-5-2-1-4-9(11)15-16(18(26)30)19-29(20-17(15)28-22(27)33-20)14(21(31)32-19)8-10-12(24)6-3-7-13(10)25/h1-8,15H,(H2,26,30)(H2,27,28)/b14-8+. The maximum absolute atomic E-state index is 14.4. The lowest BCUT2D eigenvalue weighted by molar-refractivity contribution is -0.113. The summed E-state index contributed by atoms with van der Waals surface area (Å²) in [5.74, 6) is -2.48. The molecule has 0 saturated heterocycles. The maximum Gasteiger partial charge on any atom is 0.362 e. The van der Waals surface area contributed by atoms with Crippen molar-refractivity contribution in [1.82, 2.24) is 9.55 Å². The summed E-state index contributed by atoms with van der Waals surface area (Å²) in [6.07, 6.45) is 1.18. The minimum atomic E-state index is -0.928. The smallest absolute Gasteiger partial charge is 0.362 e. The Labute approximate surface area is 194 Å². The van der Waals surface area contributed by atoms with E-state index in [2.05, 4.69) is 4.98 Å². The van der Waals surface area contributed by atoms with Crippen LogP contribution in [0.2, 0.25) is 10.0 Å². The molecule has 11 heteroatoms. The summed E-state index contributed by atoms with van der Waals surface area (Å²) in [5.41, 5.74) is 10.9. The minimum Gasteiger partial charge on any atom is -0.406 e. The molecule has 8 nitrogen and oxygen atoms in total. The van der Waals surface area contributed by atoms with E-state index in [0.29, 0.717) is 10.6 Å². The van der Waals surface area contributed by atoms with E-state index in [1.54, 1.807) is 24.3 Å². The Morgan fingerprint density at radius 1 is 1.12 bits per heavy atom. The van der Waals surface area contributed by atoms with E-state index in [-0.39, 0.29) is 44.6 Å². The van der Waals surface area contributed by atoms with Crippen LogP contribution in [0.1, 0.15) is 22.7 Å². The average molecular weight is 487 g/mol. The van der Waals surface area contributed by atoms with Gasteiger partial charge in [-0.1, -0.05) is 47.5 Å². The van der Waals surface area contributed by atoms with Gasteiger partial charge in [0, 0.05) is 10.6 Å². The van der Waals surface area contributed by atoms with Crippen molar-refractivity contribution in [3.63, 3.8) is 0 Å². The number of benzene rings is 2. The Kier molecular flexibility index (Phi) is 4.88. The topological polar surface area (TPSA) is 130 Å². The van der Waals surface area contributed by atoms with Crippen molar-refractivity contribution in [2.75, 3.05) is 5.73 Å². The number of hydrogen-bond acceptors (Lipinski definition) is 6. The van der Waals surface area contributed by atoms with E-state index in [1.807, 2.05) is 0 Å². The SMILES string of the molecule is NC(=O)C1=c2oc(=O)/c(=C\c3c(F)cccc3Cl)n2-c2oc(N)nc2C1c1ccccc1Cl. The number of rotatable bonds is 3. The van der Waals surface area contributed by atoms with Gasteiger partial charge in [0.1, 0.15) is 16.9 Å². The zero-order valence-corrected chi connectivity index (χ0v) is 18.0. The molecule has 0 aliphatic carbocycles. The van der Waals surface area contributed by atoms with E-state index >= 15 is 0 Å². The third-order valence-electron chi connectivity index (χ3n) is 5.25. The number of oxazole rings is 2. The third kappa shape index (κ3) is 3.24. The van der Waals surface area contributed by atoms with Crippen molar-refractivity contribution in [2.45, 2.75) is 5.92 Å². The molecule has 3 heterocycles. The number of carbonyl (C=O) groups excluding carboxylic acids is 1. The molecule has 166 valence electrons. The van der Waals surface area contributed by atoms with Gasteiger partial charge >= 0.3 is 5.63 Å². The molecule has 0 spiro atoms. The second-order valence-corrected chi connectivity index (χ2v) is 7.98. The highest BCUT2D eigenvalue weighted by molar-refractivity contribution is 6.32. The largest absolute Gasteiger partial charge is 0.406 e. The number of amides is 1. The normalized spacial score (nSPS) is 15.4. The molecule has 1 aliphatic heterocycles. The van der Waals surface area contributed by atoms with Gasteiger partial charge in [0.2, 0.25) is 11.4 Å². The van der Waals surface area contributed by atoms with Crippen molar-refractivity contribution in [3.8, 4) is 5.88 Å². The van der Waals surface area contributed by atoms with Gasteiger partial charge in [-0.2, -0.15) is 4.98 Å². The first kappa shape index (κ1) is 21.0. The van der Waals surface area contributed by atoms with Crippen LogP contribution in [-0.2, 0) is 4.79 Å². The number of fused-ring (bicyclic) bond motifs is 3. The van der Waals surface area contributed by atoms with Gasteiger partial charge in [0.15, 0.2) is 0 Å². The number of aromatic nitrogens is 2. The molecule has 33 heavy (non-hydrogen) atoms. The van der Waals surface area contributed by atoms with Crippen LogP contribution >= 0.6 is 23.2 Å². The predicted molar refractivity (Wildman–Crippen MR) is 119 cm³/mol. The fourth-order valence-electron chi connectivity index (χ4n) is 3.88. The lowest BCUT2D eigenvalue weighted by Crippen LogP contribution is -2.38. The van der Waals surface area contributed by atoms with E-state index in [0.717, 1.165) is 0 Å². The molecule has 0 bridgehead atoms. The summed E-state index contributed by atoms with van der Waals surface area (Å²) < 4.78 is 26.6. The number of nitrogens with zero attached hydrogens (tertiary/aromatic N) is 2. The van der Waals surface area contributed by atoms with Gasteiger partial charge in [0.25, 0.3) is 11.9 Å². The predicted octanol–water partition coefficient (Wildman–Crippen LogP) is 2.06. The van der Waals surface area contributed by atoms with Crippen LogP contribution in [0, 0.1) is 5.82 Å². The van der Waals surface area contributed by atoms with Crippen LogP contribution in [0.25, 0.3) is 17.5 Å². The summed E-state index contributed by atoms with van der Waals surface area (Å²) in [4.78, 5) is 29.7. The lowest BCUT2D eigenvalue weighted by Gasteiger charge is -2.21. The molecule has 4 aromatic rings. The van der Waals surface area contributed by atoms with Gasteiger partial charge in [-0.05, 0) is 29.8 Å². The van der Waals surface area contributed by atoms with Crippen molar-refractivity contribution in [2.24, 2.45) is 5.73 Å². The Hall–Kier alpha value is -3.82. The number of halogens is 3. The van der Waals surface area contributed by atoms with Crippen molar-refractivity contribution < 1.29 is 18.0 Å². The minimum absolute atomic E-state index is 0.00183. The van der Waals surface area contributed by atoms with Gasteiger partial charge in [-0.25, -0.2) is 13.8 Å². The summed E-state index contributed by atoms with van der Waals surface area (Å²) in [7, 11) is 0. The van der Waals surface area contributed by atoms with Crippen molar-refractivity contribution in [1.29, 1.82) is 0 Å². The molecule has 2 aromatic carbocycles. The second-order valence-electron chi connectivity index (χ2n) is 7.17. The first-order chi connectivity index (χ1) is 15.8. The molecule has 1 unspecified atom stereocenters. The molecule has 5 rings (SSSR count). The number of carbonyl (C=O) groups is 1. The zero-order chi connectivity index (χ0) is 23.4. The monoisotopic (exact) mass is 486 g/mol. The van der Waals surface area contributed by atoms with Crippen LogP contribution < -0.4 is 28.0 Å². The van der Waals surface area contributed by atoms with Crippen molar-refractivity contribution in [3.05, 3.63) is 96.5 Å². The highest BCUT2D eigenvalue weighted by atomic mass is 35.5. The Bertz CT molecular complexity index is 1620. The Balaban J connectivity index is 1.96. The Morgan fingerprint density at radius 3 is 2.55 bits per heavy atom. The van der Waals surface area contributed by atoms with Crippen LogP contribution in [0.15, 0.2) is 56.1 Å². The second kappa shape index (κ2) is 7.65. The molecule has 0 fully saturated rings. The highest BCUT2D eigenvalue weighted by Gasteiger charge is 2.39. The van der Waals surface area contributed by atoms with Gasteiger partial charge in [-0.15, -0.1) is 0 Å². The molecular weight excluding hydrogens is 474 g/mol. The summed E-state index contributed by atoms with van der Waals surface area (Å²) >= 11 is 12.5. The molecule has 1 aliphatic rings. The van der Waals surface area contributed by atoms with E-state index < -0.39 is 23.3 Å². The van der Waals surface area contributed by atoms with Crippen LogP contribution in [0.5, 0.6) is 0 Å². The molecule has 2 aromatic heterocycles. The quantitative estimate of drug-likeness (QED) is 0.455. The van der Waals surface area contributed by atoms with Crippen LogP contribution in [-0.4, -0.2) is 15.5 Å². The first-order valence-electron chi connectivity index (χ1n) is 9.50. The van der Waals surface area contributed by atoms with Gasteiger partial charge in [0.05, 0.1) is 16.5 Å². The number of nitrogen functional groups attached to an aromatic ring is 1. The average Bonchev–Trinajstić information content (AvgIpc) is 3.29. The van der Waals surface area contributed by atoms with E-state index in [9.17, 15) is 14.0 Å². The highest BCUT2D eigenvalue weighted by Crippen LogP contribution is 2.40. The van der Waals surface area contributed by atoms with Gasteiger partial charge < -0.3 is 20.3 Å². The van der Waals surface area contributed by atoms with Crippen LogP contribution in [0.3, 0.4) is 0 Å². The molecule has 1 amide bonds. The Morgan fingerprint density at radius 2 is 1.85 bits per heavy atom. The fourth-order valence-corrected chi connectivity index (χ4v) is 4.34. The number of primary amides is 1. The molecular formula is C22H13Cl2FN4O4. The lowest BCUT2D eigenvalue weighted by atomic mass is 9.86. The summed E-state index contributed by atoms with van der Waals surface area (Å²) in [5, 5.41) is 0.206. The zero-order valence-electron chi connectivity index (χ0n) is 16.5. The maximum atomic E-state index is 14.4. The summed E-state index contributed by atoms with van der Waals surface area (Å²) in [6, 6.07) is 10.6. The number of anilines is 1. The third-order valence-corrected chi connectivity index (χ3v) is 5.93. The number of nitrogens with two attached hydrogens (primary N) is 2. The van der Waals surface area contributed by atoms with Gasteiger partial charge in [-0.3, -0.25) is 4.79 Å². The molecule has 1 atom stereocenters. The van der Waals surface area contributed by atoms with Crippen LogP contribution in [0.4, 0.5) is 10.4 Å². The fraction of sp³-hybridized carbons (Fsp3) is 0.0455. The van der Waals surface area contributed by atoms with Crippen molar-refractivity contribution >= 4 is 46.8 Å². The van der Waals surface area contributed by atoms with E-state index in [1.165, 1.54) is 28.8 Å². The van der Waals surface area contributed by atoms with E-state index in [4.69, 9.17) is 43.5 Å². The number of hydrogen-bond donors (Lipinski definition) is 2.